The Kier molecular flexibility index (Phi) is 6.06. The number of carbonyl (C=O) groups is 1. The Morgan fingerprint density at radius 3 is 2.43 bits per heavy atom. The minimum absolute atomic E-state index is 0.0621. The fraction of sp³-hybridized carbons (Fsp3) is 0.238. The van der Waals surface area contributed by atoms with E-state index in [-0.39, 0.29) is 16.7 Å². The quantitative estimate of drug-likeness (QED) is 0.642. The van der Waals surface area contributed by atoms with Crippen LogP contribution in [-0.2, 0) is 21.4 Å². The molecule has 1 atom stereocenters. The molecule has 7 heteroatoms. The topological polar surface area (TPSA) is 88.2 Å². The first-order valence-corrected chi connectivity index (χ1v) is 10.5. The molecule has 0 saturated carbocycles. The maximum absolute atomic E-state index is 13.0. The maximum Gasteiger partial charge on any atom is 0.243 e. The molecule has 2 N–H and O–H groups in total. The zero-order valence-corrected chi connectivity index (χ0v) is 16.6. The molecule has 3 rings (SSSR count). The molecule has 0 aliphatic rings. The third-order valence-corrected chi connectivity index (χ3v) is 5.90. The molecule has 0 fully saturated rings. The minimum Gasteiger partial charge on any atom is -0.351 e. The number of fused-ring (bicyclic) bond motifs is 1. The van der Waals surface area contributed by atoms with E-state index in [1.807, 2.05) is 30.3 Å². The molecule has 1 amide bonds. The highest BCUT2D eigenvalue weighted by molar-refractivity contribution is 7.89. The number of hydrogen-bond acceptors (Lipinski definition) is 4. The smallest absolute Gasteiger partial charge is 0.243 e. The van der Waals surface area contributed by atoms with Gasteiger partial charge in [-0.3, -0.25) is 9.78 Å². The molecule has 0 saturated heterocycles. The minimum atomic E-state index is -3.93. The van der Waals surface area contributed by atoms with Gasteiger partial charge in [-0.2, -0.15) is 4.72 Å². The summed E-state index contributed by atoms with van der Waals surface area (Å²) in [5, 5.41) is 3.53. The van der Waals surface area contributed by atoms with Crippen LogP contribution in [0, 0.1) is 5.92 Å². The van der Waals surface area contributed by atoms with Crippen molar-refractivity contribution in [3.8, 4) is 0 Å². The van der Waals surface area contributed by atoms with Crippen LogP contribution in [0.1, 0.15) is 19.4 Å². The van der Waals surface area contributed by atoms with Gasteiger partial charge in [0.25, 0.3) is 0 Å². The van der Waals surface area contributed by atoms with E-state index in [1.165, 1.54) is 6.07 Å². The van der Waals surface area contributed by atoms with Crippen LogP contribution < -0.4 is 10.0 Å². The number of benzene rings is 2. The number of para-hydroxylation sites is 1. The number of pyridine rings is 1. The van der Waals surface area contributed by atoms with Gasteiger partial charge in [-0.15, -0.1) is 0 Å². The molecule has 0 radical (unpaired) electrons. The van der Waals surface area contributed by atoms with Crippen LogP contribution in [0.2, 0.25) is 0 Å². The third kappa shape index (κ3) is 4.55. The van der Waals surface area contributed by atoms with Crippen LogP contribution >= 0.6 is 0 Å². The van der Waals surface area contributed by atoms with E-state index in [2.05, 4.69) is 15.0 Å². The van der Waals surface area contributed by atoms with Gasteiger partial charge in [-0.25, -0.2) is 8.42 Å². The number of nitrogens with one attached hydrogen (secondary N) is 2. The van der Waals surface area contributed by atoms with Gasteiger partial charge >= 0.3 is 0 Å². The lowest BCUT2D eigenvalue weighted by atomic mass is 10.0. The normalized spacial score (nSPS) is 12.8. The number of rotatable bonds is 7. The van der Waals surface area contributed by atoms with Crippen LogP contribution in [0.5, 0.6) is 0 Å². The number of carbonyl (C=O) groups excluding carboxylic acids is 1. The zero-order valence-electron chi connectivity index (χ0n) is 15.8. The van der Waals surface area contributed by atoms with E-state index in [0.29, 0.717) is 12.1 Å². The van der Waals surface area contributed by atoms with E-state index >= 15 is 0 Å². The molecular weight excluding hydrogens is 374 g/mol. The Hall–Kier alpha value is -2.77. The van der Waals surface area contributed by atoms with Crippen LogP contribution in [0.4, 0.5) is 0 Å². The molecule has 3 aromatic rings. The summed E-state index contributed by atoms with van der Waals surface area (Å²) < 4.78 is 28.6. The molecule has 146 valence electrons. The summed E-state index contributed by atoms with van der Waals surface area (Å²) in [5.74, 6) is -0.593. The van der Waals surface area contributed by atoms with Crippen LogP contribution in [0.15, 0.2) is 71.8 Å². The van der Waals surface area contributed by atoms with Crippen molar-refractivity contribution in [2.24, 2.45) is 5.92 Å². The molecule has 28 heavy (non-hydrogen) atoms. The monoisotopic (exact) mass is 397 g/mol. The first-order chi connectivity index (χ1) is 13.4. The third-order valence-electron chi connectivity index (χ3n) is 4.43. The van der Waals surface area contributed by atoms with Crippen molar-refractivity contribution < 1.29 is 13.2 Å². The lowest BCUT2D eigenvalue weighted by Gasteiger charge is -2.22. The lowest BCUT2D eigenvalue weighted by molar-refractivity contribution is -0.123. The van der Waals surface area contributed by atoms with Gasteiger partial charge in [0, 0.05) is 18.1 Å². The Balaban J connectivity index is 1.81. The molecule has 0 spiro atoms. The van der Waals surface area contributed by atoms with E-state index in [0.717, 1.165) is 10.9 Å². The second-order valence-corrected chi connectivity index (χ2v) is 8.56. The van der Waals surface area contributed by atoms with Gasteiger partial charge in [-0.1, -0.05) is 62.4 Å². The molecule has 1 heterocycles. The summed E-state index contributed by atoms with van der Waals surface area (Å²) in [4.78, 5) is 16.9. The second-order valence-electron chi connectivity index (χ2n) is 6.88. The highest BCUT2D eigenvalue weighted by atomic mass is 32.2. The molecule has 6 nitrogen and oxygen atoms in total. The van der Waals surface area contributed by atoms with Gasteiger partial charge < -0.3 is 5.32 Å². The molecular formula is C21H23N3O3S. The van der Waals surface area contributed by atoms with Crippen molar-refractivity contribution in [2.75, 3.05) is 0 Å². The van der Waals surface area contributed by atoms with Crippen molar-refractivity contribution in [1.82, 2.24) is 15.0 Å². The fourth-order valence-electron chi connectivity index (χ4n) is 2.91. The zero-order chi connectivity index (χ0) is 20.1. The molecule has 1 aromatic heterocycles. The Morgan fingerprint density at radius 2 is 1.71 bits per heavy atom. The summed E-state index contributed by atoms with van der Waals surface area (Å²) in [6.45, 7) is 3.94. The van der Waals surface area contributed by atoms with Gasteiger partial charge in [0.05, 0.1) is 5.52 Å². The molecule has 1 unspecified atom stereocenters. The number of nitrogens with zero attached hydrogens (tertiary/aromatic N) is 1. The Labute approximate surface area is 165 Å². The Morgan fingerprint density at radius 1 is 1.00 bits per heavy atom. The van der Waals surface area contributed by atoms with Crippen molar-refractivity contribution >= 4 is 26.8 Å². The van der Waals surface area contributed by atoms with Gasteiger partial charge in [0.15, 0.2) is 0 Å². The standard InChI is InChI=1S/C21H23N3O3S/c1-15(2)19(21(25)23-14-16-8-4-3-5-9-16)24-28(26,27)18-12-6-10-17-11-7-13-22-20(17)18/h3-13,15,19,24H,14H2,1-2H3,(H,23,25). The van der Waals surface area contributed by atoms with E-state index in [9.17, 15) is 13.2 Å². The van der Waals surface area contributed by atoms with Crippen molar-refractivity contribution in [3.63, 3.8) is 0 Å². The SMILES string of the molecule is CC(C)C(NS(=O)(=O)c1cccc2cccnc12)C(=O)NCc1ccccc1. The lowest BCUT2D eigenvalue weighted by Crippen LogP contribution is -2.49. The molecule has 0 bridgehead atoms. The van der Waals surface area contributed by atoms with Crippen molar-refractivity contribution in [2.45, 2.75) is 31.3 Å². The number of sulfonamides is 1. The molecule has 2 aromatic carbocycles. The molecule has 0 aliphatic carbocycles. The average Bonchev–Trinajstić information content (AvgIpc) is 2.70. The predicted molar refractivity (Wildman–Crippen MR) is 109 cm³/mol. The average molecular weight is 398 g/mol. The van der Waals surface area contributed by atoms with E-state index in [1.54, 1.807) is 44.3 Å². The predicted octanol–water partition coefficient (Wildman–Crippen LogP) is 2.85. The highest BCUT2D eigenvalue weighted by Gasteiger charge is 2.29. The second kappa shape index (κ2) is 8.50. The number of amides is 1. The van der Waals surface area contributed by atoms with E-state index < -0.39 is 16.1 Å². The molecule has 0 aliphatic heterocycles. The van der Waals surface area contributed by atoms with Crippen LogP contribution in [0.25, 0.3) is 10.9 Å². The number of aromatic nitrogens is 1. The summed E-state index contributed by atoms with van der Waals surface area (Å²) >= 11 is 0. The first-order valence-electron chi connectivity index (χ1n) is 9.06. The van der Waals surface area contributed by atoms with Gasteiger partial charge in [-0.05, 0) is 23.6 Å². The number of hydrogen-bond donors (Lipinski definition) is 2. The summed E-state index contributed by atoms with van der Waals surface area (Å²) in [7, 11) is -3.93. The van der Waals surface area contributed by atoms with Crippen molar-refractivity contribution in [1.29, 1.82) is 0 Å². The van der Waals surface area contributed by atoms with Gasteiger partial charge in [0.1, 0.15) is 10.9 Å². The fourth-order valence-corrected chi connectivity index (χ4v) is 4.43. The van der Waals surface area contributed by atoms with Crippen LogP contribution in [0.3, 0.4) is 0 Å². The van der Waals surface area contributed by atoms with Crippen LogP contribution in [-0.4, -0.2) is 25.4 Å². The summed E-state index contributed by atoms with van der Waals surface area (Å²) in [5.41, 5.74) is 1.32. The summed E-state index contributed by atoms with van der Waals surface area (Å²) in [6, 6.07) is 17.1. The van der Waals surface area contributed by atoms with Crippen molar-refractivity contribution in [3.05, 3.63) is 72.4 Å². The maximum atomic E-state index is 13.0. The van der Waals surface area contributed by atoms with E-state index in [4.69, 9.17) is 0 Å². The first kappa shape index (κ1) is 20.0. The summed E-state index contributed by atoms with van der Waals surface area (Å²) in [6.07, 6.45) is 1.55. The highest BCUT2D eigenvalue weighted by Crippen LogP contribution is 2.21. The largest absolute Gasteiger partial charge is 0.351 e. The Bertz CT molecular complexity index is 1060. The van der Waals surface area contributed by atoms with Gasteiger partial charge in [0.2, 0.25) is 15.9 Å².